The van der Waals surface area contributed by atoms with Gasteiger partial charge in [0.15, 0.2) is 0 Å². The molecule has 6 aromatic heterocycles. The summed E-state index contributed by atoms with van der Waals surface area (Å²) < 4.78 is 4.69. The van der Waals surface area contributed by atoms with Gasteiger partial charge in [-0.15, -0.1) is 0 Å². The van der Waals surface area contributed by atoms with Crippen LogP contribution in [0.15, 0.2) is 195 Å². The van der Waals surface area contributed by atoms with E-state index in [1.165, 1.54) is 55.2 Å². The minimum Gasteiger partial charge on any atom is -0.309 e. The van der Waals surface area contributed by atoms with Crippen molar-refractivity contribution >= 4 is 43.6 Å². The molecule has 11 aromatic rings. The summed E-state index contributed by atoms with van der Waals surface area (Å²) in [7, 11) is 0. The molecule has 1 aliphatic rings. The van der Waals surface area contributed by atoms with Gasteiger partial charge in [0.25, 0.3) is 0 Å². The zero-order valence-corrected chi connectivity index (χ0v) is 30.7. The third kappa shape index (κ3) is 4.46. The lowest BCUT2D eigenvalue weighted by atomic mass is 9.68. The third-order valence-corrected chi connectivity index (χ3v) is 12.0. The first kappa shape index (κ1) is 31.6. The van der Waals surface area contributed by atoms with Gasteiger partial charge in [0.05, 0.1) is 33.7 Å². The molecule has 6 heterocycles. The van der Waals surface area contributed by atoms with Gasteiger partial charge < -0.3 is 9.13 Å². The Balaban J connectivity index is 1.01. The molecule has 0 atom stereocenters. The highest BCUT2D eigenvalue weighted by Gasteiger charge is 2.46. The highest BCUT2D eigenvalue weighted by Crippen LogP contribution is 2.57. The summed E-state index contributed by atoms with van der Waals surface area (Å²) in [5, 5.41) is 4.73. The van der Waals surface area contributed by atoms with Crippen molar-refractivity contribution in [1.29, 1.82) is 0 Å². The van der Waals surface area contributed by atoms with E-state index in [0.29, 0.717) is 0 Å². The summed E-state index contributed by atoms with van der Waals surface area (Å²) in [5.41, 5.74) is 15.9. The Labute approximate surface area is 328 Å². The van der Waals surface area contributed by atoms with E-state index < -0.39 is 5.41 Å². The van der Waals surface area contributed by atoms with E-state index in [1.54, 1.807) is 0 Å². The summed E-state index contributed by atoms with van der Waals surface area (Å²) in [5.74, 6) is 0. The van der Waals surface area contributed by atoms with E-state index in [2.05, 4.69) is 175 Å². The number of hydrogen-bond acceptors (Lipinski definition) is 4. The molecule has 0 fully saturated rings. The maximum atomic E-state index is 4.44. The van der Waals surface area contributed by atoms with Crippen molar-refractivity contribution in [3.8, 4) is 33.6 Å². The molecule has 0 radical (unpaired) electrons. The van der Waals surface area contributed by atoms with Crippen molar-refractivity contribution in [3.63, 3.8) is 0 Å². The Hall–Kier alpha value is -7.70. The van der Waals surface area contributed by atoms with E-state index in [1.807, 2.05) is 49.6 Å². The van der Waals surface area contributed by atoms with Crippen molar-refractivity contribution in [2.75, 3.05) is 0 Å². The topological polar surface area (TPSA) is 61.4 Å². The van der Waals surface area contributed by atoms with Crippen LogP contribution >= 0.6 is 0 Å². The van der Waals surface area contributed by atoms with Crippen LogP contribution in [0.1, 0.15) is 22.3 Å². The van der Waals surface area contributed by atoms with Crippen LogP contribution < -0.4 is 0 Å². The van der Waals surface area contributed by atoms with Crippen LogP contribution in [0.4, 0.5) is 0 Å². The standard InChI is InChI=1S/C51H32N6/c1-3-7-45-39(5-1)42-29-43-40-6-2-4-8-47(40)56(49(43)30-46(42)51(45,35-17-23-52-24-18-35)36-19-25-53-26-20-36)37-13-9-33(10-14-37)34-11-15-38(16-12-34)57-48-22-28-54-31-44(48)41-21-27-55-32-50(41)57/h1-32H. The first-order valence-electron chi connectivity index (χ1n) is 19.2. The summed E-state index contributed by atoms with van der Waals surface area (Å²) in [4.78, 5) is 17.7. The highest BCUT2D eigenvalue weighted by molar-refractivity contribution is 6.12. The summed E-state index contributed by atoms with van der Waals surface area (Å²) >= 11 is 0. The Bertz CT molecular complexity index is 3240. The molecular weight excluding hydrogens is 697 g/mol. The lowest BCUT2D eigenvalue weighted by molar-refractivity contribution is 0.764. The Morgan fingerprint density at radius 1 is 0.351 bits per heavy atom. The van der Waals surface area contributed by atoms with Gasteiger partial charge in [-0.05, 0) is 123 Å². The largest absolute Gasteiger partial charge is 0.309 e. The van der Waals surface area contributed by atoms with Crippen LogP contribution in [0.2, 0.25) is 0 Å². The fraction of sp³-hybridized carbons (Fsp3) is 0.0196. The number of pyridine rings is 4. The lowest BCUT2D eigenvalue weighted by Gasteiger charge is -2.33. The zero-order chi connectivity index (χ0) is 37.5. The van der Waals surface area contributed by atoms with Crippen LogP contribution in [0.25, 0.3) is 77.2 Å². The molecular formula is C51H32N6. The minimum atomic E-state index is -0.546. The molecule has 6 nitrogen and oxygen atoms in total. The Morgan fingerprint density at radius 3 is 1.63 bits per heavy atom. The van der Waals surface area contributed by atoms with Gasteiger partial charge in [0, 0.05) is 76.3 Å². The molecule has 266 valence electrons. The number of para-hydroxylation sites is 1. The molecule has 57 heavy (non-hydrogen) atoms. The number of aromatic nitrogens is 6. The lowest BCUT2D eigenvalue weighted by Crippen LogP contribution is -2.28. The van der Waals surface area contributed by atoms with E-state index >= 15 is 0 Å². The molecule has 5 aromatic carbocycles. The van der Waals surface area contributed by atoms with Crippen LogP contribution in [0.3, 0.4) is 0 Å². The van der Waals surface area contributed by atoms with E-state index in [-0.39, 0.29) is 0 Å². The molecule has 0 unspecified atom stereocenters. The summed E-state index contributed by atoms with van der Waals surface area (Å²) in [6, 6.07) is 53.1. The Morgan fingerprint density at radius 2 is 0.912 bits per heavy atom. The fourth-order valence-electron chi connectivity index (χ4n) is 9.60. The molecule has 0 aliphatic heterocycles. The second-order valence-corrected chi connectivity index (χ2v) is 14.7. The van der Waals surface area contributed by atoms with Crippen molar-refractivity contribution in [2.24, 2.45) is 0 Å². The second-order valence-electron chi connectivity index (χ2n) is 14.7. The van der Waals surface area contributed by atoms with Gasteiger partial charge in [-0.3, -0.25) is 19.9 Å². The number of rotatable bonds is 5. The maximum absolute atomic E-state index is 4.44. The fourth-order valence-corrected chi connectivity index (χ4v) is 9.60. The van der Waals surface area contributed by atoms with Crippen molar-refractivity contribution in [1.82, 2.24) is 29.1 Å². The molecule has 0 saturated carbocycles. The smallest absolute Gasteiger partial charge is 0.0725 e. The third-order valence-electron chi connectivity index (χ3n) is 12.0. The molecule has 12 rings (SSSR count). The summed E-state index contributed by atoms with van der Waals surface area (Å²) in [6.07, 6.45) is 15.2. The average Bonchev–Trinajstić information content (AvgIpc) is 3.90. The zero-order valence-electron chi connectivity index (χ0n) is 30.7. The predicted octanol–water partition coefficient (Wildman–Crippen LogP) is 11.5. The maximum Gasteiger partial charge on any atom is 0.0725 e. The quantitative estimate of drug-likeness (QED) is 0.177. The van der Waals surface area contributed by atoms with Crippen LogP contribution in [-0.2, 0) is 5.41 Å². The van der Waals surface area contributed by atoms with E-state index in [4.69, 9.17) is 0 Å². The number of benzene rings is 5. The van der Waals surface area contributed by atoms with Gasteiger partial charge in [-0.1, -0.05) is 66.7 Å². The normalized spacial score (nSPS) is 13.1. The first-order valence-corrected chi connectivity index (χ1v) is 19.2. The molecule has 6 heteroatoms. The van der Waals surface area contributed by atoms with Gasteiger partial charge in [-0.25, -0.2) is 0 Å². The molecule has 0 bridgehead atoms. The van der Waals surface area contributed by atoms with Crippen molar-refractivity contribution in [3.05, 3.63) is 217 Å². The minimum absolute atomic E-state index is 0.546. The van der Waals surface area contributed by atoms with Crippen molar-refractivity contribution in [2.45, 2.75) is 5.41 Å². The van der Waals surface area contributed by atoms with E-state index in [0.717, 1.165) is 44.3 Å². The summed E-state index contributed by atoms with van der Waals surface area (Å²) in [6.45, 7) is 0. The van der Waals surface area contributed by atoms with Crippen LogP contribution in [0, 0.1) is 0 Å². The second kappa shape index (κ2) is 12.2. The predicted molar refractivity (Wildman–Crippen MR) is 229 cm³/mol. The number of nitrogens with zero attached hydrogens (tertiary/aromatic N) is 6. The number of fused-ring (bicyclic) bond motifs is 9. The van der Waals surface area contributed by atoms with E-state index in [9.17, 15) is 0 Å². The monoisotopic (exact) mass is 728 g/mol. The van der Waals surface area contributed by atoms with Gasteiger partial charge in [0.2, 0.25) is 0 Å². The van der Waals surface area contributed by atoms with Gasteiger partial charge in [-0.2, -0.15) is 0 Å². The molecule has 0 spiro atoms. The SMILES string of the molecule is c1ccc2c(c1)-c1cc3c4ccccc4n(-c4ccc(-c5ccc(-n6c7ccncc7c7ccncc76)cc5)cc4)c3cc1C2(c1ccncc1)c1ccncc1. The van der Waals surface area contributed by atoms with Crippen LogP contribution in [0.5, 0.6) is 0 Å². The van der Waals surface area contributed by atoms with Crippen LogP contribution in [-0.4, -0.2) is 29.1 Å². The van der Waals surface area contributed by atoms with Gasteiger partial charge in [0.1, 0.15) is 0 Å². The van der Waals surface area contributed by atoms with Gasteiger partial charge >= 0.3 is 0 Å². The van der Waals surface area contributed by atoms with Crippen molar-refractivity contribution < 1.29 is 0 Å². The molecule has 1 aliphatic carbocycles. The molecule has 0 saturated heterocycles. The first-order chi connectivity index (χ1) is 28.3. The molecule has 0 amide bonds. The number of hydrogen-bond donors (Lipinski definition) is 0. The molecule has 0 N–H and O–H groups in total. The Kier molecular flexibility index (Phi) is 6.74. The highest BCUT2D eigenvalue weighted by atomic mass is 15.0. The average molecular weight is 729 g/mol.